The fourth-order valence-corrected chi connectivity index (χ4v) is 6.39. The monoisotopic (exact) mass is 427 g/mol. The summed E-state index contributed by atoms with van der Waals surface area (Å²) in [4.78, 5) is 28.5. The van der Waals surface area contributed by atoms with Gasteiger partial charge in [0.1, 0.15) is 0 Å². The lowest BCUT2D eigenvalue weighted by Gasteiger charge is -2.61. The van der Waals surface area contributed by atoms with Crippen LogP contribution in [0.25, 0.3) is 0 Å². The Kier molecular flexibility index (Phi) is 5.93. The normalized spacial score (nSPS) is 31.6. The number of fused-ring (bicyclic) bond motifs is 4. The highest BCUT2D eigenvalue weighted by Crippen LogP contribution is 2.56. The molecule has 2 fully saturated rings. The molecular weight excluding hydrogens is 390 g/mol. The Morgan fingerprint density at radius 1 is 1.13 bits per heavy atom. The smallest absolute Gasteiger partial charge is 0.338 e. The fourth-order valence-electron chi connectivity index (χ4n) is 6.39. The molecule has 2 aliphatic carbocycles. The molecule has 1 aromatic rings. The van der Waals surface area contributed by atoms with Crippen molar-refractivity contribution in [2.24, 2.45) is 11.3 Å². The number of amides is 1. The van der Waals surface area contributed by atoms with Crippen LogP contribution in [0.15, 0.2) is 18.2 Å². The maximum atomic E-state index is 13.7. The standard InChI is InChI=1S/C26H37NO4/c1-6-31-24(29)19-8-7-9-21-20(19)16-22-25(2,3)26(21,4)14-15-27(22)23(28)17-10-12-18(30-5)13-11-17/h7-9,17-18,22H,6,10-16H2,1-5H3/t17?,18?,22-,26+/m1/s1. The van der Waals surface area contributed by atoms with Gasteiger partial charge >= 0.3 is 5.97 Å². The third-order valence-corrected chi connectivity index (χ3v) is 8.79. The van der Waals surface area contributed by atoms with E-state index in [1.807, 2.05) is 19.1 Å². The second kappa shape index (κ2) is 8.23. The lowest BCUT2D eigenvalue weighted by Crippen LogP contribution is -2.65. The van der Waals surface area contributed by atoms with E-state index in [4.69, 9.17) is 9.47 Å². The summed E-state index contributed by atoms with van der Waals surface area (Å²) in [5.41, 5.74) is 2.84. The number of carbonyl (C=O) groups is 2. The van der Waals surface area contributed by atoms with E-state index < -0.39 is 0 Å². The van der Waals surface area contributed by atoms with E-state index in [1.165, 1.54) is 5.56 Å². The van der Waals surface area contributed by atoms with Crippen molar-refractivity contribution in [2.45, 2.75) is 83.8 Å². The Morgan fingerprint density at radius 3 is 2.48 bits per heavy atom. The van der Waals surface area contributed by atoms with Gasteiger partial charge in [-0.25, -0.2) is 4.79 Å². The van der Waals surface area contributed by atoms with E-state index in [0.717, 1.165) is 44.2 Å². The minimum Gasteiger partial charge on any atom is -0.462 e. The van der Waals surface area contributed by atoms with Crippen molar-refractivity contribution < 1.29 is 19.1 Å². The third kappa shape index (κ3) is 3.49. The van der Waals surface area contributed by atoms with Crippen LogP contribution in [0.1, 0.15) is 81.3 Å². The highest BCUT2D eigenvalue weighted by molar-refractivity contribution is 5.92. The minimum absolute atomic E-state index is 0.0784. The summed E-state index contributed by atoms with van der Waals surface area (Å²) in [7, 11) is 1.77. The van der Waals surface area contributed by atoms with Crippen LogP contribution in [0, 0.1) is 11.3 Å². The summed E-state index contributed by atoms with van der Waals surface area (Å²) in [5.74, 6) is 0.136. The molecular formula is C26H37NO4. The molecule has 1 heterocycles. The first-order valence-electron chi connectivity index (χ1n) is 11.9. The van der Waals surface area contributed by atoms with Crippen LogP contribution in [0.4, 0.5) is 0 Å². The number of hydrogen-bond donors (Lipinski definition) is 0. The Morgan fingerprint density at radius 2 is 1.84 bits per heavy atom. The summed E-state index contributed by atoms with van der Waals surface area (Å²) in [5, 5.41) is 0. The number of ether oxygens (including phenoxy) is 2. The Labute approximate surface area is 186 Å². The number of likely N-dealkylation sites (tertiary alicyclic amines) is 1. The molecule has 0 spiro atoms. The van der Waals surface area contributed by atoms with Crippen molar-refractivity contribution in [1.29, 1.82) is 0 Å². The van der Waals surface area contributed by atoms with Crippen LogP contribution in [0.5, 0.6) is 0 Å². The fraction of sp³-hybridized carbons (Fsp3) is 0.692. The molecule has 1 saturated heterocycles. The van der Waals surface area contributed by atoms with Gasteiger partial charge in [0.25, 0.3) is 0 Å². The first-order valence-corrected chi connectivity index (χ1v) is 11.9. The summed E-state index contributed by atoms with van der Waals surface area (Å²) in [6, 6.07) is 6.13. The summed E-state index contributed by atoms with van der Waals surface area (Å²) < 4.78 is 10.9. The summed E-state index contributed by atoms with van der Waals surface area (Å²) >= 11 is 0. The summed E-state index contributed by atoms with van der Waals surface area (Å²) in [6.45, 7) is 9.92. The molecule has 3 aliphatic rings. The van der Waals surface area contributed by atoms with Crippen LogP contribution in [0.3, 0.4) is 0 Å². The van der Waals surface area contributed by atoms with Crippen LogP contribution < -0.4 is 0 Å². The van der Waals surface area contributed by atoms with Gasteiger partial charge in [-0.05, 0) is 68.1 Å². The van der Waals surface area contributed by atoms with Crippen LogP contribution in [0.2, 0.25) is 0 Å². The predicted molar refractivity (Wildman–Crippen MR) is 120 cm³/mol. The first kappa shape index (κ1) is 22.3. The zero-order chi connectivity index (χ0) is 22.4. The molecule has 1 saturated carbocycles. The van der Waals surface area contributed by atoms with E-state index in [2.05, 4.69) is 31.7 Å². The SMILES string of the molecule is CCOC(=O)c1cccc2c1C[C@H]1N(C(=O)C3CCC(OC)CC3)CC[C@]2(C)C1(C)C. The van der Waals surface area contributed by atoms with Gasteiger partial charge in [-0.15, -0.1) is 0 Å². The second-order valence-electron chi connectivity index (χ2n) is 10.3. The molecule has 0 aromatic heterocycles. The molecule has 5 nitrogen and oxygen atoms in total. The number of nitrogens with zero attached hydrogens (tertiary/aromatic N) is 1. The Hall–Kier alpha value is -1.88. The number of carbonyl (C=O) groups excluding carboxylic acids is 2. The van der Waals surface area contributed by atoms with E-state index in [0.29, 0.717) is 30.6 Å². The van der Waals surface area contributed by atoms with Crippen molar-refractivity contribution >= 4 is 11.9 Å². The quantitative estimate of drug-likeness (QED) is 0.664. The van der Waals surface area contributed by atoms with Crippen LogP contribution >= 0.6 is 0 Å². The van der Waals surface area contributed by atoms with E-state index >= 15 is 0 Å². The zero-order valence-electron chi connectivity index (χ0n) is 19.7. The minimum atomic E-state index is -0.253. The number of esters is 1. The molecule has 1 aromatic carbocycles. The second-order valence-corrected chi connectivity index (χ2v) is 10.3. The third-order valence-electron chi connectivity index (χ3n) is 8.79. The molecule has 2 bridgehead atoms. The largest absolute Gasteiger partial charge is 0.462 e. The average Bonchev–Trinajstić information content (AvgIpc) is 2.75. The van der Waals surface area contributed by atoms with Gasteiger partial charge in [0.15, 0.2) is 0 Å². The molecule has 1 aliphatic heterocycles. The zero-order valence-corrected chi connectivity index (χ0v) is 19.7. The molecule has 31 heavy (non-hydrogen) atoms. The van der Waals surface area contributed by atoms with Gasteiger partial charge in [-0.2, -0.15) is 0 Å². The molecule has 0 unspecified atom stereocenters. The lowest BCUT2D eigenvalue weighted by atomic mass is 9.50. The number of piperidine rings is 1. The topological polar surface area (TPSA) is 55.8 Å². The van der Waals surface area contributed by atoms with Gasteiger partial charge in [0, 0.05) is 31.0 Å². The highest BCUT2D eigenvalue weighted by Gasteiger charge is 2.57. The molecule has 4 rings (SSSR count). The van der Waals surface area contributed by atoms with E-state index in [-0.39, 0.29) is 28.8 Å². The van der Waals surface area contributed by atoms with Crippen molar-refractivity contribution in [2.75, 3.05) is 20.3 Å². The molecule has 0 radical (unpaired) electrons. The number of benzene rings is 1. The Bertz CT molecular complexity index is 855. The highest BCUT2D eigenvalue weighted by atomic mass is 16.5. The molecule has 2 atom stereocenters. The van der Waals surface area contributed by atoms with Crippen molar-refractivity contribution in [1.82, 2.24) is 4.90 Å². The predicted octanol–water partition coefficient (Wildman–Crippen LogP) is 4.51. The molecule has 1 amide bonds. The van der Waals surface area contributed by atoms with Crippen LogP contribution in [-0.2, 0) is 26.1 Å². The number of rotatable bonds is 4. The van der Waals surface area contributed by atoms with Gasteiger partial charge in [-0.1, -0.05) is 32.9 Å². The average molecular weight is 428 g/mol. The van der Waals surface area contributed by atoms with Gasteiger partial charge in [0.05, 0.1) is 18.3 Å². The van der Waals surface area contributed by atoms with Crippen molar-refractivity contribution in [3.8, 4) is 0 Å². The van der Waals surface area contributed by atoms with Gasteiger partial charge < -0.3 is 14.4 Å². The van der Waals surface area contributed by atoms with E-state index in [1.54, 1.807) is 7.11 Å². The van der Waals surface area contributed by atoms with Crippen molar-refractivity contribution in [3.05, 3.63) is 34.9 Å². The molecule has 5 heteroatoms. The van der Waals surface area contributed by atoms with Crippen LogP contribution in [-0.4, -0.2) is 49.2 Å². The molecule has 0 N–H and O–H groups in total. The van der Waals surface area contributed by atoms with Crippen molar-refractivity contribution in [3.63, 3.8) is 0 Å². The van der Waals surface area contributed by atoms with E-state index in [9.17, 15) is 9.59 Å². The van der Waals surface area contributed by atoms with Gasteiger partial charge in [0.2, 0.25) is 5.91 Å². The molecule has 170 valence electrons. The van der Waals surface area contributed by atoms with Gasteiger partial charge in [-0.3, -0.25) is 4.79 Å². The first-order chi connectivity index (χ1) is 14.7. The number of hydrogen-bond acceptors (Lipinski definition) is 4. The summed E-state index contributed by atoms with van der Waals surface area (Å²) in [6.07, 6.45) is 5.65. The maximum absolute atomic E-state index is 13.7. The Balaban J connectivity index is 1.67. The lowest BCUT2D eigenvalue weighted by molar-refractivity contribution is -0.150. The number of methoxy groups -OCH3 is 1. The maximum Gasteiger partial charge on any atom is 0.338 e.